The van der Waals surface area contributed by atoms with Gasteiger partial charge in [0.25, 0.3) is 5.91 Å². The number of nitrogens with one attached hydrogen (secondary N) is 1. The molecule has 0 unspecified atom stereocenters. The van der Waals surface area contributed by atoms with E-state index < -0.39 is 12.2 Å². The van der Waals surface area contributed by atoms with E-state index in [9.17, 15) is 4.79 Å². The molecule has 0 atom stereocenters. The van der Waals surface area contributed by atoms with Crippen molar-refractivity contribution in [3.05, 3.63) is 24.3 Å². The highest BCUT2D eigenvalue weighted by Gasteiger charge is 2.16. The lowest BCUT2D eigenvalue weighted by molar-refractivity contribution is -0.153. The van der Waals surface area contributed by atoms with Gasteiger partial charge in [0, 0.05) is 19.9 Å². The molecule has 0 saturated carbocycles. The first-order chi connectivity index (χ1) is 7.17. The lowest BCUT2D eigenvalue weighted by atomic mass is 10.3. The summed E-state index contributed by atoms with van der Waals surface area (Å²) in [6.45, 7) is 0. The van der Waals surface area contributed by atoms with Crippen molar-refractivity contribution in [3.8, 4) is 5.75 Å². The molecule has 1 amide bonds. The summed E-state index contributed by atoms with van der Waals surface area (Å²) in [6.07, 6.45) is -0.932. The van der Waals surface area contributed by atoms with Gasteiger partial charge >= 0.3 is 0 Å². The quantitative estimate of drug-likeness (QED) is 0.574. The van der Waals surface area contributed by atoms with Crippen molar-refractivity contribution >= 4 is 11.6 Å². The van der Waals surface area contributed by atoms with Crippen LogP contribution < -0.4 is 5.32 Å². The molecule has 82 valence electrons. The van der Waals surface area contributed by atoms with E-state index >= 15 is 0 Å². The number of carbonyl (C=O) groups is 1. The zero-order valence-corrected chi connectivity index (χ0v) is 8.56. The van der Waals surface area contributed by atoms with E-state index in [-0.39, 0.29) is 5.75 Å². The molecule has 0 aliphatic carbocycles. The first kappa shape index (κ1) is 11.5. The Morgan fingerprint density at radius 1 is 1.27 bits per heavy atom. The number of aromatic hydroxyl groups is 1. The van der Waals surface area contributed by atoms with E-state index in [0.717, 1.165) is 0 Å². The number of carbonyl (C=O) groups excluding carboxylic acids is 1. The second-order valence-corrected chi connectivity index (χ2v) is 2.84. The molecule has 0 aromatic heterocycles. The molecule has 1 rings (SSSR count). The van der Waals surface area contributed by atoms with E-state index in [1.54, 1.807) is 12.1 Å². The van der Waals surface area contributed by atoms with E-state index in [1.165, 1.54) is 26.4 Å². The third-order valence-corrected chi connectivity index (χ3v) is 1.78. The molecular formula is C10H13NO4. The van der Waals surface area contributed by atoms with Gasteiger partial charge in [-0.1, -0.05) is 0 Å². The SMILES string of the molecule is COC(OC)C(=O)Nc1ccc(O)cc1. The average Bonchev–Trinajstić information content (AvgIpc) is 2.23. The molecule has 1 aromatic carbocycles. The smallest absolute Gasteiger partial charge is 0.281 e. The van der Waals surface area contributed by atoms with Crippen LogP contribution in [0.3, 0.4) is 0 Å². The molecule has 2 N–H and O–H groups in total. The first-order valence-electron chi connectivity index (χ1n) is 4.33. The highest BCUT2D eigenvalue weighted by Crippen LogP contribution is 2.14. The van der Waals surface area contributed by atoms with Crippen LogP contribution in [0.25, 0.3) is 0 Å². The van der Waals surface area contributed by atoms with Gasteiger partial charge in [0.15, 0.2) is 0 Å². The van der Waals surface area contributed by atoms with Crippen molar-refractivity contribution in [2.75, 3.05) is 19.5 Å². The highest BCUT2D eigenvalue weighted by atomic mass is 16.7. The Hall–Kier alpha value is -1.59. The van der Waals surface area contributed by atoms with E-state index in [0.29, 0.717) is 5.69 Å². The van der Waals surface area contributed by atoms with Gasteiger partial charge in [0.1, 0.15) is 5.75 Å². The maximum absolute atomic E-state index is 11.4. The lowest BCUT2D eigenvalue weighted by Gasteiger charge is -2.13. The first-order valence-corrected chi connectivity index (χ1v) is 4.33. The fourth-order valence-corrected chi connectivity index (χ4v) is 1.06. The number of benzene rings is 1. The summed E-state index contributed by atoms with van der Waals surface area (Å²) in [5.74, 6) is -0.256. The van der Waals surface area contributed by atoms with E-state index in [2.05, 4.69) is 5.32 Å². The predicted molar refractivity (Wildman–Crippen MR) is 54.5 cm³/mol. The van der Waals surface area contributed by atoms with Crippen LogP contribution in [-0.4, -0.2) is 31.5 Å². The van der Waals surface area contributed by atoms with Crippen LogP contribution in [0.5, 0.6) is 5.75 Å². The molecule has 1 aromatic rings. The number of hydrogen-bond acceptors (Lipinski definition) is 4. The number of anilines is 1. The number of hydrogen-bond donors (Lipinski definition) is 2. The normalized spacial score (nSPS) is 10.3. The molecule has 0 radical (unpaired) electrons. The van der Waals surface area contributed by atoms with Crippen molar-refractivity contribution in [2.45, 2.75) is 6.29 Å². The Bertz CT molecular complexity index is 319. The van der Waals surface area contributed by atoms with Crippen molar-refractivity contribution < 1.29 is 19.4 Å². The maximum Gasteiger partial charge on any atom is 0.281 e. The van der Waals surface area contributed by atoms with Crippen LogP contribution in [0, 0.1) is 0 Å². The molecular weight excluding hydrogens is 198 g/mol. The lowest BCUT2D eigenvalue weighted by Crippen LogP contribution is -2.30. The highest BCUT2D eigenvalue weighted by molar-refractivity contribution is 5.93. The number of methoxy groups -OCH3 is 2. The Balaban J connectivity index is 2.61. The average molecular weight is 211 g/mol. The van der Waals surface area contributed by atoms with Crippen molar-refractivity contribution in [3.63, 3.8) is 0 Å². The molecule has 0 saturated heterocycles. The number of phenols is 1. The maximum atomic E-state index is 11.4. The van der Waals surface area contributed by atoms with Crippen LogP contribution >= 0.6 is 0 Å². The van der Waals surface area contributed by atoms with Gasteiger partial charge in [-0.25, -0.2) is 0 Å². The Kier molecular flexibility index (Phi) is 4.08. The molecule has 0 aliphatic heterocycles. The second kappa shape index (κ2) is 5.33. The molecule has 0 bridgehead atoms. The Morgan fingerprint density at radius 3 is 2.27 bits per heavy atom. The summed E-state index contributed by atoms with van der Waals surface area (Å²) in [7, 11) is 2.76. The summed E-state index contributed by atoms with van der Waals surface area (Å²) < 4.78 is 9.55. The van der Waals surface area contributed by atoms with Crippen molar-refractivity contribution in [1.29, 1.82) is 0 Å². The van der Waals surface area contributed by atoms with Crippen LogP contribution in [0.1, 0.15) is 0 Å². The fourth-order valence-electron chi connectivity index (χ4n) is 1.06. The largest absolute Gasteiger partial charge is 0.508 e. The predicted octanol–water partition coefficient (Wildman–Crippen LogP) is 0.950. The minimum Gasteiger partial charge on any atom is -0.508 e. The van der Waals surface area contributed by atoms with Gasteiger partial charge in [-0.05, 0) is 24.3 Å². The monoisotopic (exact) mass is 211 g/mol. The van der Waals surface area contributed by atoms with Crippen LogP contribution in [0.15, 0.2) is 24.3 Å². The summed E-state index contributed by atoms with van der Waals surface area (Å²) in [5, 5.41) is 11.6. The second-order valence-electron chi connectivity index (χ2n) is 2.84. The fraction of sp³-hybridized carbons (Fsp3) is 0.300. The van der Waals surface area contributed by atoms with E-state index in [1.807, 2.05) is 0 Å². The number of phenolic OH excluding ortho intramolecular Hbond substituents is 1. The van der Waals surface area contributed by atoms with Gasteiger partial charge in [-0.15, -0.1) is 0 Å². The van der Waals surface area contributed by atoms with Crippen LogP contribution in [0.2, 0.25) is 0 Å². The van der Waals surface area contributed by atoms with Crippen LogP contribution in [-0.2, 0) is 14.3 Å². The topological polar surface area (TPSA) is 67.8 Å². The van der Waals surface area contributed by atoms with Gasteiger partial charge in [-0.3, -0.25) is 4.79 Å². The zero-order chi connectivity index (χ0) is 11.3. The summed E-state index contributed by atoms with van der Waals surface area (Å²) in [5.41, 5.74) is 0.567. The van der Waals surface area contributed by atoms with Crippen molar-refractivity contribution in [2.24, 2.45) is 0 Å². The third kappa shape index (κ3) is 3.23. The molecule has 0 spiro atoms. The minimum atomic E-state index is -0.932. The van der Waals surface area contributed by atoms with Crippen LogP contribution in [0.4, 0.5) is 5.69 Å². The number of amides is 1. The number of rotatable bonds is 4. The molecule has 0 fully saturated rings. The Labute approximate surface area is 87.6 Å². The van der Waals surface area contributed by atoms with Crippen molar-refractivity contribution in [1.82, 2.24) is 0 Å². The summed E-state index contributed by atoms with van der Waals surface area (Å²) in [4.78, 5) is 11.4. The summed E-state index contributed by atoms with van der Waals surface area (Å²) in [6, 6.07) is 6.11. The molecule has 5 nitrogen and oxygen atoms in total. The Morgan fingerprint density at radius 2 is 1.80 bits per heavy atom. The van der Waals surface area contributed by atoms with Gasteiger partial charge in [-0.2, -0.15) is 0 Å². The van der Waals surface area contributed by atoms with Gasteiger partial charge in [0.2, 0.25) is 6.29 Å². The summed E-state index contributed by atoms with van der Waals surface area (Å²) >= 11 is 0. The standard InChI is InChI=1S/C10H13NO4/c1-14-10(15-2)9(13)11-7-3-5-8(12)6-4-7/h3-6,10,12H,1-2H3,(H,11,13). The van der Waals surface area contributed by atoms with Gasteiger partial charge < -0.3 is 19.9 Å². The minimum absolute atomic E-state index is 0.142. The number of ether oxygens (including phenoxy) is 2. The third-order valence-electron chi connectivity index (χ3n) is 1.78. The molecule has 5 heteroatoms. The molecule has 0 heterocycles. The van der Waals surface area contributed by atoms with E-state index in [4.69, 9.17) is 14.6 Å². The zero-order valence-electron chi connectivity index (χ0n) is 8.56. The molecule has 0 aliphatic rings. The van der Waals surface area contributed by atoms with Gasteiger partial charge in [0.05, 0.1) is 0 Å². The molecule has 15 heavy (non-hydrogen) atoms.